The van der Waals surface area contributed by atoms with Gasteiger partial charge in [-0.1, -0.05) is 30.7 Å². The molecule has 0 saturated carbocycles. The molecule has 4 heteroatoms. The van der Waals surface area contributed by atoms with Crippen molar-refractivity contribution >= 4 is 17.3 Å². The van der Waals surface area contributed by atoms with Crippen LogP contribution in [0.5, 0.6) is 0 Å². The molecule has 0 radical (unpaired) electrons. The monoisotopic (exact) mass is 310 g/mol. The van der Waals surface area contributed by atoms with Crippen LogP contribution in [0.1, 0.15) is 31.7 Å². The Morgan fingerprint density at radius 3 is 2.76 bits per heavy atom. The van der Waals surface area contributed by atoms with Crippen LogP contribution in [0.4, 0.5) is 5.69 Å². The average molecular weight is 311 g/mol. The lowest BCUT2D eigenvalue weighted by Crippen LogP contribution is -2.31. The fourth-order valence-electron chi connectivity index (χ4n) is 2.99. The Bertz CT molecular complexity index is 446. The summed E-state index contributed by atoms with van der Waals surface area (Å²) in [6, 6.07) is 6.33. The minimum atomic E-state index is 0.193. The van der Waals surface area contributed by atoms with E-state index in [0.29, 0.717) is 5.92 Å². The maximum atomic E-state index is 6.46. The summed E-state index contributed by atoms with van der Waals surface area (Å²) in [5, 5.41) is 0.824. The number of nitrogens with two attached hydrogens (primary N) is 1. The zero-order valence-corrected chi connectivity index (χ0v) is 13.9. The van der Waals surface area contributed by atoms with Gasteiger partial charge in [0.15, 0.2) is 0 Å². The normalized spacial score (nSPS) is 17.7. The van der Waals surface area contributed by atoms with Crippen LogP contribution in [0.15, 0.2) is 18.2 Å². The lowest BCUT2D eigenvalue weighted by Gasteiger charge is -2.30. The number of hydrogen-bond acceptors (Lipinski definition) is 3. The molecule has 0 spiro atoms. The summed E-state index contributed by atoms with van der Waals surface area (Å²) in [7, 11) is 2.14. The van der Waals surface area contributed by atoms with Crippen LogP contribution < -0.4 is 10.6 Å². The van der Waals surface area contributed by atoms with Gasteiger partial charge in [0.05, 0.1) is 10.7 Å². The van der Waals surface area contributed by atoms with Crippen molar-refractivity contribution in [3.63, 3.8) is 0 Å². The van der Waals surface area contributed by atoms with Gasteiger partial charge in [-0.15, -0.1) is 0 Å². The Kier molecular flexibility index (Phi) is 6.34. The van der Waals surface area contributed by atoms with E-state index in [9.17, 15) is 0 Å². The zero-order chi connectivity index (χ0) is 15.2. The lowest BCUT2D eigenvalue weighted by molar-refractivity contribution is 0.0685. The Morgan fingerprint density at radius 1 is 1.38 bits per heavy atom. The van der Waals surface area contributed by atoms with Gasteiger partial charge in [-0.25, -0.2) is 0 Å². The second kappa shape index (κ2) is 8.02. The van der Waals surface area contributed by atoms with Crippen LogP contribution >= 0.6 is 11.6 Å². The molecule has 1 unspecified atom stereocenters. The predicted molar refractivity (Wildman–Crippen MR) is 90.2 cm³/mol. The van der Waals surface area contributed by atoms with E-state index in [1.54, 1.807) is 0 Å². The van der Waals surface area contributed by atoms with Crippen LogP contribution in [0.2, 0.25) is 5.02 Å². The van der Waals surface area contributed by atoms with E-state index >= 15 is 0 Å². The Morgan fingerprint density at radius 2 is 2.10 bits per heavy atom. The van der Waals surface area contributed by atoms with E-state index in [1.165, 1.54) is 5.56 Å². The van der Waals surface area contributed by atoms with Crippen LogP contribution in [0.25, 0.3) is 0 Å². The van der Waals surface area contributed by atoms with Crippen molar-refractivity contribution in [3.05, 3.63) is 28.8 Å². The third-order valence-corrected chi connectivity index (χ3v) is 4.64. The van der Waals surface area contributed by atoms with Gasteiger partial charge in [-0.3, -0.25) is 0 Å². The molecule has 0 amide bonds. The minimum Gasteiger partial charge on any atom is -0.381 e. The molecule has 1 atom stereocenters. The quantitative estimate of drug-likeness (QED) is 0.874. The third-order valence-electron chi connectivity index (χ3n) is 4.33. The maximum Gasteiger partial charge on any atom is 0.0642 e. The molecule has 0 aromatic heterocycles. The molecule has 118 valence electrons. The number of anilines is 1. The fraction of sp³-hybridized carbons (Fsp3) is 0.647. The highest BCUT2D eigenvalue weighted by molar-refractivity contribution is 6.33. The van der Waals surface area contributed by atoms with E-state index in [-0.39, 0.29) is 6.04 Å². The number of para-hydroxylation sites is 1. The van der Waals surface area contributed by atoms with Crippen molar-refractivity contribution in [1.29, 1.82) is 0 Å². The van der Waals surface area contributed by atoms with Gasteiger partial charge in [0, 0.05) is 32.8 Å². The van der Waals surface area contributed by atoms with Crippen LogP contribution in [0, 0.1) is 5.92 Å². The lowest BCUT2D eigenvalue weighted by atomic mass is 9.98. The highest BCUT2D eigenvalue weighted by Crippen LogP contribution is 2.31. The number of ether oxygens (including phenoxy) is 1. The first kappa shape index (κ1) is 16.6. The second-order valence-electron chi connectivity index (χ2n) is 6.06. The summed E-state index contributed by atoms with van der Waals surface area (Å²) < 4.78 is 5.44. The summed E-state index contributed by atoms with van der Waals surface area (Å²) in [6.07, 6.45) is 4.14. The van der Waals surface area contributed by atoms with E-state index in [2.05, 4.69) is 24.9 Å². The van der Waals surface area contributed by atoms with Crippen LogP contribution in [-0.4, -0.2) is 32.8 Å². The molecule has 1 aliphatic heterocycles. The highest BCUT2D eigenvalue weighted by atomic mass is 35.5. The molecule has 0 bridgehead atoms. The van der Waals surface area contributed by atoms with Crippen molar-refractivity contribution in [2.45, 2.75) is 38.6 Å². The SMILES string of the molecule is CCC(N)Cc1cccc(Cl)c1N(C)CC1CCOCC1. The molecule has 2 N–H and O–H groups in total. The number of hydrogen-bond donors (Lipinski definition) is 1. The highest BCUT2D eigenvalue weighted by Gasteiger charge is 2.19. The van der Waals surface area contributed by atoms with Crippen molar-refractivity contribution in [2.24, 2.45) is 11.7 Å². The molecule has 2 rings (SSSR count). The van der Waals surface area contributed by atoms with Gasteiger partial charge < -0.3 is 15.4 Å². The Balaban J connectivity index is 2.12. The van der Waals surface area contributed by atoms with Gasteiger partial charge in [0.1, 0.15) is 0 Å². The van der Waals surface area contributed by atoms with Crippen LogP contribution in [0.3, 0.4) is 0 Å². The largest absolute Gasteiger partial charge is 0.381 e. The molecular weight excluding hydrogens is 284 g/mol. The first-order valence-electron chi connectivity index (χ1n) is 7.93. The number of nitrogens with zero attached hydrogens (tertiary/aromatic N) is 1. The molecule has 3 nitrogen and oxygen atoms in total. The van der Waals surface area contributed by atoms with Crippen molar-refractivity contribution in [2.75, 3.05) is 31.7 Å². The van der Waals surface area contributed by atoms with E-state index in [1.807, 2.05) is 12.1 Å². The van der Waals surface area contributed by atoms with Crippen LogP contribution in [-0.2, 0) is 11.2 Å². The smallest absolute Gasteiger partial charge is 0.0642 e. The standard InChI is InChI=1S/C17H27ClN2O/c1-3-15(19)11-14-5-4-6-16(18)17(14)20(2)12-13-7-9-21-10-8-13/h4-6,13,15H,3,7-12,19H2,1-2H3. The van der Waals surface area contributed by atoms with Gasteiger partial charge in [-0.2, -0.15) is 0 Å². The van der Waals surface area contributed by atoms with E-state index < -0.39 is 0 Å². The topological polar surface area (TPSA) is 38.5 Å². The molecular formula is C17H27ClN2O. The third kappa shape index (κ3) is 4.60. The molecule has 1 aromatic rings. The summed E-state index contributed by atoms with van der Waals surface area (Å²) in [5.41, 5.74) is 8.53. The number of halogens is 1. The molecule has 21 heavy (non-hydrogen) atoms. The summed E-state index contributed by atoms with van der Waals surface area (Å²) in [4.78, 5) is 2.30. The maximum absolute atomic E-state index is 6.46. The molecule has 1 saturated heterocycles. The zero-order valence-electron chi connectivity index (χ0n) is 13.1. The second-order valence-corrected chi connectivity index (χ2v) is 6.46. The van der Waals surface area contributed by atoms with Crippen molar-refractivity contribution in [1.82, 2.24) is 0 Å². The molecule has 1 aliphatic rings. The van der Waals surface area contributed by atoms with Gasteiger partial charge in [0.25, 0.3) is 0 Å². The Labute approximate surface area is 133 Å². The minimum absolute atomic E-state index is 0.193. The summed E-state index contributed by atoms with van der Waals surface area (Å²) in [5.74, 6) is 0.688. The van der Waals surface area contributed by atoms with Gasteiger partial charge >= 0.3 is 0 Å². The summed E-state index contributed by atoms with van der Waals surface area (Å²) in [6.45, 7) is 4.92. The first-order chi connectivity index (χ1) is 10.1. The molecule has 0 aliphatic carbocycles. The Hall–Kier alpha value is -0.770. The molecule has 1 heterocycles. The van der Waals surface area contributed by atoms with Gasteiger partial charge in [-0.05, 0) is 43.2 Å². The van der Waals surface area contributed by atoms with E-state index in [0.717, 1.165) is 56.2 Å². The summed E-state index contributed by atoms with van der Waals surface area (Å²) >= 11 is 6.46. The predicted octanol–water partition coefficient (Wildman–Crippen LogP) is 3.48. The van der Waals surface area contributed by atoms with E-state index in [4.69, 9.17) is 22.1 Å². The number of rotatable bonds is 6. The molecule has 1 fully saturated rings. The average Bonchev–Trinajstić information content (AvgIpc) is 2.48. The fourth-order valence-corrected chi connectivity index (χ4v) is 3.32. The first-order valence-corrected chi connectivity index (χ1v) is 8.31. The van der Waals surface area contributed by atoms with Crippen molar-refractivity contribution < 1.29 is 4.74 Å². The molecule has 1 aromatic carbocycles. The number of benzene rings is 1. The van der Waals surface area contributed by atoms with Gasteiger partial charge in [0.2, 0.25) is 0 Å². The van der Waals surface area contributed by atoms with Crippen molar-refractivity contribution in [3.8, 4) is 0 Å².